The van der Waals surface area contributed by atoms with Crippen molar-refractivity contribution in [1.29, 1.82) is 0 Å². The van der Waals surface area contributed by atoms with Crippen LogP contribution in [0.5, 0.6) is 5.75 Å². The first kappa shape index (κ1) is 27.7. The molecule has 1 aliphatic heterocycles. The molecule has 1 N–H and O–H groups in total. The van der Waals surface area contributed by atoms with Crippen LogP contribution in [0.15, 0.2) is 78.0 Å². The van der Waals surface area contributed by atoms with Crippen LogP contribution in [0.2, 0.25) is 5.02 Å². The lowest BCUT2D eigenvalue weighted by Gasteiger charge is -2.40. The smallest absolute Gasteiger partial charge is 0.119 e. The zero-order valence-corrected chi connectivity index (χ0v) is 22.1. The van der Waals surface area contributed by atoms with Crippen molar-refractivity contribution in [3.8, 4) is 5.75 Å². The third-order valence-corrected chi connectivity index (χ3v) is 6.78. The Morgan fingerprint density at radius 2 is 1.58 bits per heavy atom. The number of hydrogen-bond acceptors (Lipinski definition) is 6. The van der Waals surface area contributed by atoms with Gasteiger partial charge in [-0.15, -0.1) is 0 Å². The van der Waals surface area contributed by atoms with E-state index < -0.39 is 0 Å². The molecule has 0 amide bonds. The van der Waals surface area contributed by atoms with Gasteiger partial charge in [-0.25, -0.2) is 0 Å². The maximum absolute atomic E-state index is 10.7. The van der Waals surface area contributed by atoms with Crippen molar-refractivity contribution in [3.63, 3.8) is 0 Å². The van der Waals surface area contributed by atoms with Gasteiger partial charge in [0.05, 0.1) is 6.61 Å². The summed E-state index contributed by atoms with van der Waals surface area (Å²) in [6, 6.07) is 23.9. The highest BCUT2D eigenvalue weighted by molar-refractivity contribution is 6.30. The standard InChI is InChI=1S/C23H31N3O3.C6H5Cl/c1-17-16-22(29-15-14-27)8-9-23(17)26-12-10-25(11-13-26)19(3)21-6-4-20(5-7-21)18(2)24-28;7-6-4-2-1-3-5-6/h4-9,16,18-19,27H,10-15H2,1-3H3;1-5H. The third kappa shape index (κ3) is 7.79. The molecule has 3 aromatic carbocycles. The Hall–Kier alpha value is -2.93. The van der Waals surface area contributed by atoms with E-state index in [1.54, 1.807) is 0 Å². The van der Waals surface area contributed by atoms with Gasteiger partial charge in [-0.2, -0.15) is 4.91 Å². The van der Waals surface area contributed by atoms with Gasteiger partial charge < -0.3 is 14.7 Å². The summed E-state index contributed by atoms with van der Waals surface area (Å²) < 4.78 is 5.51. The Labute approximate surface area is 219 Å². The molecule has 6 nitrogen and oxygen atoms in total. The van der Waals surface area contributed by atoms with E-state index in [1.165, 1.54) is 16.8 Å². The minimum Gasteiger partial charge on any atom is -0.491 e. The van der Waals surface area contributed by atoms with Crippen LogP contribution in [0.25, 0.3) is 0 Å². The number of aliphatic hydroxyl groups is 1. The summed E-state index contributed by atoms with van der Waals surface area (Å²) in [5.41, 5.74) is 4.66. The van der Waals surface area contributed by atoms with Crippen molar-refractivity contribution in [1.82, 2.24) is 4.90 Å². The topological polar surface area (TPSA) is 65.4 Å². The number of hydrogen-bond donors (Lipinski definition) is 1. The van der Waals surface area contributed by atoms with Gasteiger partial charge in [0.25, 0.3) is 0 Å². The van der Waals surface area contributed by atoms with Crippen LogP contribution >= 0.6 is 11.6 Å². The van der Waals surface area contributed by atoms with Gasteiger partial charge in [-0.05, 0) is 67.8 Å². The zero-order chi connectivity index (χ0) is 25.9. The summed E-state index contributed by atoms with van der Waals surface area (Å²) in [6.07, 6.45) is 0. The molecule has 2 atom stereocenters. The number of nitroso groups, excluding NO2 is 1. The second kappa shape index (κ2) is 14.0. The number of halogens is 1. The first-order valence-corrected chi connectivity index (χ1v) is 12.8. The Morgan fingerprint density at radius 3 is 2.11 bits per heavy atom. The molecule has 2 unspecified atom stereocenters. The predicted molar refractivity (Wildman–Crippen MR) is 148 cm³/mol. The fourth-order valence-electron chi connectivity index (χ4n) is 4.33. The van der Waals surface area contributed by atoms with Crippen LogP contribution in [0.3, 0.4) is 0 Å². The van der Waals surface area contributed by atoms with Crippen LogP contribution in [0.1, 0.15) is 42.6 Å². The lowest BCUT2D eigenvalue weighted by atomic mass is 10.0. The molecular weight excluding hydrogens is 474 g/mol. The van der Waals surface area contributed by atoms with Gasteiger partial charge in [0.15, 0.2) is 0 Å². The molecule has 4 rings (SSSR count). The Bertz CT molecular complexity index is 1070. The van der Waals surface area contributed by atoms with Gasteiger partial charge in [0.1, 0.15) is 18.4 Å². The molecule has 3 aromatic rings. The van der Waals surface area contributed by atoms with E-state index in [1.807, 2.05) is 61.5 Å². The van der Waals surface area contributed by atoms with Crippen LogP contribution in [-0.4, -0.2) is 49.4 Å². The van der Waals surface area contributed by atoms with E-state index in [2.05, 4.69) is 47.0 Å². The molecule has 1 saturated heterocycles. The molecule has 1 fully saturated rings. The van der Waals surface area contributed by atoms with Crippen molar-refractivity contribution in [2.75, 3.05) is 44.3 Å². The van der Waals surface area contributed by atoms with Crippen LogP contribution in [0, 0.1) is 11.8 Å². The quantitative estimate of drug-likeness (QED) is 0.355. The Balaban J connectivity index is 0.000000444. The van der Waals surface area contributed by atoms with Crippen molar-refractivity contribution in [2.24, 2.45) is 5.18 Å². The number of nitrogens with zero attached hydrogens (tertiary/aromatic N) is 3. The van der Waals surface area contributed by atoms with Gasteiger partial charge in [-0.3, -0.25) is 4.90 Å². The number of aryl methyl sites for hydroxylation is 1. The summed E-state index contributed by atoms with van der Waals surface area (Å²) in [4.78, 5) is 15.7. The highest BCUT2D eigenvalue weighted by Gasteiger charge is 2.23. The summed E-state index contributed by atoms with van der Waals surface area (Å²) in [5, 5.41) is 12.8. The normalized spacial score (nSPS) is 15.4. The first-order valence-electron chi connectivity index (χ1n) is 12.4. The minimum atomic E-state index is -0.299. The summed E-state index contributed by atoms with van der Waals surface area (Å²) in [5.74, 6) is 0.801. The van der Waals surface area contributed by atoms with Crippen LogP contribution < -0.4 is 9.64 Å². The van der Waals surface area contributed by atoms with Crippen molar-refractivity contribution < 1.29 is 9.84 Å². The maximum atomic E-state index is 10.7. The van der Waals surface area contributed by atoms with Gasteiger partial charge in [0.2, 0.25) is 0 Å². The summed E-state index contributed by atoms with van der Waals surface area (Å²) >= 11 is 5.54. The molecule has 192 valence electrons. The molecule has 1 heterocycles. The number of piperazine rings is 1. The largest absolute Gasteiger partial charge is 0.491 e. The molecule has 36 heavy (non-hydrogen) atoms. The number of rotatable bonds is 8. The second-order valence-electron chi connectivity index (χ2n) is 8.96. The fraction of sp³-hybridized carbons (Fsp3) is 0.379. The molecule has 0 bridgehead atoms. The van der Waals surface area contributed by atoms with E-state index in [0.717, 1.165) is 42.5 Å². The van der Waals surface area contributed by atoms with Crippen LogP contribution in [-0.2, 0) is 0 Å². The van der Waals surface area contributed by atoms with E-state index in [9.17, 15) is 4.91 Å². The summed E-state index contributed by atoms with van der Waals surface area (Å²) in [7, 11) is 0. The zero-order valence-electron chi connectivity index (χ0n) is 21.3. The van der Waals surface area contributed by atoms with E-state index in [-0.39, 0.29) is 12.6 Å². The molecule has 0 spiro atoms. The molecule has 7 heteroatoms. The SMILES string of the molecule is Cc1cc(OCCO)ccc1N1CCN(C(C)c2ccc(C(C)N=O)cc2)CC1.Clc1ccccc1. The monoisotopic (exact) mass is 509 g/mol. The fourth-order valence-corrected chi connectivity index (χ4v) is 4.47. The van der Waals surface area contributed by atoms with Crippen LogP contribution in [0.4, 0.5) is 5.69 Å². The number of anilines is 1. The van der Waals surface area contributed by atoms with Gasteiger partial charge in [0, 0.05) is 42.9 Å². The lowest BCUT2D eigenvalue weighted by molar-refractivity contribution is 0.198. The van der Waals surface area contributed by atoms with E-state index in [4.69, 9.17) is 21.4 Å². The molecule has 0 aliphatic carbocycles. The average Bonchev–Trinajstić information content (AvgIpc) is 2.92. The van der Waals surface area contributed by atoms with Gasteiger partial charge in [-0.1, -0.05) is 59.2 Å². The van der Waals surface area contributed by atoms with E-state index in [0.29, 0.717) is 12.6 Å². The minimum absolute atomic E-state index is 0.0245. The Morgan fingerprint density at radius 1 is 0.944 bits per heavy atom. The highest BCUT2D eigenvalue weighted by atomic mass is 35.5. The number of aliphatic hydroxyl groups excluding tert-OH is 1. The highest BCUT2D eigenvalue weighted by Crippen LogP contribution is 2.29. The van der Waals surface area contributed by atoms with Crippen molar-refractivity contribution >= 4 is 17.3 Å². The molecule has 0 radical (unpaired) electrons. The number of ether oxygens (including phenoxy) is 1. The molecule has 1 aliphatic rings. The Kier molecular flexibility index (Phi) is 10.7. The third-order valence-electron chi connectivity index (χ3n) is 6.52. The average molecular weight is 510 g/mol. The molecular formula is C29H36ClN3O3. The maximum Gasteiger partial charge on any atom is 0.119 e. The lowest BCUT2D eigenvalue weighted by Crippen LogP contribution is -2.47. The predicted octanol–water partition coefficient (Wildman–Crippen LogP) is 6.42. The van der Waals surface area contributed by atoms with Crippen molar-refractivity contribution in [3.05, 3.63) is 99.4 Å². The van der Waals surface area contributed by atoms with Crippen molar-refractivity contribution in [2.45, 2.75) is 32.9 Å². The van der Waals surface area contributed by atoms with E-state index >= 15 is 0 Å². The summed E-state index contributed by atoms with van der Waals surface area (Å²) in [6.45, 7) is 10.5. The molecule has 0 saturated carbocycles. The number of benzene rings is 3. The van der Waals surface area contributed by atoms with Gasteiger partial charge >= 0.3 is 0 Å². The second-order valence-corrected chi connectivity index (χ2v) is 9.40. The molecule has 0 aromatic heterocycles. The first-order chi connectivity index (χ1) is 17.4.